The van der Waals surface area contributed by atoms with Crippen LogP contribution < -0.4 is 42.5 Å². The SMILES string of the molecule is CNc1c(NC)c(NC)c2c(NC)c(NC)c(NC)c(NC)c2c1NC. The Kier molecular flexibility index (Phi) is 5.97. The smallest absolute Gasteiger partial charge is 0.0837 e. The van der Waals surface area contributed by atoms with Crippen LogP contribution in [-0.4, -0.2) is 56.4 Å². The second kappa shape index (κ2) is 7.99. The maximum atomic E-state index is 3.38. The summed E-state index contributed by atoms with van der Waals surface area (Å²) in [4.78, 5) is 0. The van der Waals surface area contributed by atoms with E-state index < -0.39 is 0 Å². The van der Waals surface area contributed by atoms with Crippen LogP contribution in [0.15, 0.2) is 0 Å². The summed E-state index contributed by atoms with van der Waals surface area (Å²) in [6.45, 7) is 0. The molecular formula is C18H32N8. The van der Waals surface area contributed by atoms with Crippen LogP contribution in [0.3, 0.4) is 0 Å². The van der Waals surface area contributed by atoms with Gasteiger partial charge in [0.25, 0.3) is 0 Å². The Hall–Kier alpha value is -2.90. The van der Waals surface area contributed by atoms with Crippen molar-refractivity contribution in [3.05, 3.63) is 0 Å². The van der Waals surface area contributed by atoms with Gasteiger partial charge in [-0.05, 0) is 0 Å². The number of benzene rings is 2. The van der Waals surface area contributed by atoms with Crippen molar-refractivity contribution in [2.45, 2.75) is 0 Å². The van der Waals surface area contributed by atoms with Crippen LogP contribution in [0, 0.1) is 0 Å². The van der Waals surface area contributed by atoms with Gasteiger partial charge < -0.3 is 42.5 Å². The van der Waals surface area contributed by atoms with Gasteiger partial charge in [0.15, 0.2) is 0 Å². The van der Waals surface area contributed by atoms with E-state index >= 15 is 0 Å². The van der Waals surface area contributed by atoms with Gasteiger partial charge in [0.1, 0.15) is 0 Å². The van der Waals surface area contributed by atoms with Crippen LogP contribution in [0.25, 0.3) is 10.8 Å². The van der Waals surface area contributed by atoms with Crippen LogP contribution in [0.2, 0.25) is 0 Å². The van der Waals surface area contributed by atoms with Gasteiger partial charge in [-0.3, -0.25) is 0 Å². The molecule has 0 spiro atoms. The van der Waals surface area contributed by atoms with E-state index in [-0.39, 0.29) is 0 Å². The van der Waals surface area contributed by atoms with E-state index in [0.717, 1.165) is 56.3 Å². The molecule has 0 saturated carbocycles. The molecule has 0 atom stereocenters. The van der Waals surface area contributed by atoms with Gasteiger partial charge in [0.05, 0.1) is 45.5 Å². The third kappa shape index (κ3) is 2.61. The predicted octanol–water partition coefficient (Wildman–Crippen LogP) is 3.17. The number of hydrogen-bond acceptors (Lipinski definition) is 8. The third-order valence-corrected chi connectivity index (χ3v) is 4.75. The van der Waals surface area contributed by atoms with Crippen molar-refractivity contribution in [1.29, 1.82) is 0 Å². The van der Waals surface area contributed by atoms with Crippen LogP contribution >= 0.6 is 0 Å². The first-order valence-electron chi connectivity index (χ1n) is 8.75. The summed E-state index contributed by atoms with van der Waals surface area (Å²) in [5, 5.41) is 29.1. The van der Waals surface area contributed by atoms with E-state index in [1.807, 2.05) is 56.4 Å². The highest BCUT2D eigenvalue weighted by atomic mass is 15.0. The summed E-state index contributed by atoms with van der Waals surface area (Å²) in [7, 11) is 15.5. The maximum Gasteiger partial charge on any atom is 0.0837 e. The molecule has 0 radical (unpaired) electrons. The molecule has 144 valence electrons. The van der Waals surface area contributed by atoms with Crippen molar-refractivity contribution in [1.82, 2.24) is 0 Å². The Morgan fingerprint density at radius 2 is 0.423 bits per heavy atom. The number of hydrogen-bond donors (Lipinski definition) is 8. The minimum Gasteiger partial charge on any atom is -0.386 e. The number of nitrogens with one attached hydrogen (secondary N) is 8. The number of fused-ring (bicyclic) bond motifs is 1. The van der Waals surface area contributed by atoms with Crippen molar-refractivity contribution >= 4 is 56.3 Å². The van der Waals surface area contributed by atoms with E-state index in [1.54, 1.807) is 0 Å². The van der Waals surface area contributed by atoms with Crippen molar-refractivity contribution in [2.24, 2.45) is 0 Å². The minimum atomic E-state index is 1.00. The van der Waals surface area contributed by atoms with Gasteiger partial charge in [-0.1, -0.05) is 0 Å². The van der Waals surface area contributed by atoms with Crippen molar-refractivity contribution in [3.63, 3.8) is 0 Å². The summed E-state index contributed by atoms with van der Waals surface area (Å²) < 4.78 is 0. The van der Waals surface area contributed by atoms with E-state index in [0.29, 0.717) is 0 Å². The molecule has 0 unspecified atom stereocenters. The Bertz CT molecular complexity index is 671. The minimum absolute atomic E-state index is 1.00. The van der Waals surface area contributed by atoms with Crippen LogP contribution in [0.5, 0.6) is 0 Å². The highest BCUT2D eigenvalue weighted by molar-refractivity contribution is 6.27. The molecule has 0 fully saturated rings. The Balaban J connectivity index is 3.29. The fourth-order valence-electron chi connectivity index (χ4n) is 3.75. The van der Waals surface area contributed by atoms with Gasteiger partial charge in [-0.15, -0.1) is 0 Å². The van der Waals surface area contributed by atoms with Gasteiger partial charge in [0.2, 0.25) is 0 Å². The first kappa shape index (κ1) is 19.4. The van der Waals surface area contributed by atoms with E-state index in [4.69, 9.17) is 0 Å². The topological polar surface area (TPSA) is 96.2 Å². The molecule has 8 N–H and O–H groups in total. The monoisotopic (exact) mass is 360 g/mol. The molecule has 8 heteroatoms. The molecule has 2 aromatic rings. The predicted molar refractivity (Wildman–Crippen MR) is 120 cm³/mol. The lowest BCUT2D eigenvalue weighted by Gasteiger charge is -2.28. The lowest BCUT2D eigenvalue weighted by atomic mass is 9.96. The second-order valence-corrected chi connectivity index (χ2v) is 5.75. The average Bonchev–Trinajstić information content (AvgIpc) is 2.69. The van der Waals surface area contributed by atoms with Crippen LogP contribution in [0.1, 0.15) is 0 Å². The van der Waals surface area contributed by atoms with E-state index in [9.17, 15) is 0 Å². The third-order valence-electron chi connectivity index (χ3n) is 4.75. The lowest BCUT2D eigenvalue weighted by Crippen LogP contribution is -2.11. The molecule has 0 aliphatic carbocycles. The zero-order valence-electron chi connectivity index (χ0n) is 17.0. The molecule has 2 rings (SSSR count). The standard InChI is InChI=1S/C18H32N8/c1-19-11-9-10(13(21-3)16(24-6)15(11)23-5)14(22-4)18(26-8)17(25-7)12(9)20-2/h19-26H,1-8H3. The quantitative estimate of drug-likeness (QED) is 0.364. The zero-order chi connectivity index (χ0) is 19.4. The molecule has 0 aromatic heterocycles. The van der Waals surface area contributed by atoms with Gasteiger partial charge >= 0.3 is 0 Å². The summed E-state index contributed by atoms with van der Waals surface area (Å²) >= 11 is 0. The van der Waals surface area contributed by atoms with Crippen LogP contribution in [-0.2, 0) is 0 Å². The second-order valence-electron chi connectivity index (χ2n) is 5.75. The fourth-order valence-corrected chi connectivity index (χ4v) is 3.75. The molecular weight excluding hydrogens is 328 g/mol. The molecule has 0 aliphatic rings. The maximum absolute atomic E-state index is 3.38. The lowest BCUT2D eigenvalue weighted by molar-refractivity contribution is 1.39. The zero-order valence-corrected chi connectivity index (χ0v) is 17.0. The molecule has 8 nitrogen and oxygen atoms in total. The largest absolute Gasteiger partial charge is 0.386 e. The Morgan fingerprint density at radius 3 is 0.538 bits per heavy atom. The highest BCUT2D eigenvalue weighted by Gasteiger charge is 2.26. The van der Waals surface area contributed by atoms with E-state index in [1.165, 1.54) is 0 Å². The molecule has 0 saturated heterocycles. The molecule has 0 heterocycles. The first-order valence-corrected chi connectivity index (χ1v) is 8.75. The molecule has 0 amide bonds. The molecule has 0 bridgehead atoms. The summed E-state index contributed by atoms with van der Waals surface area (Å²) in [5.41, 5.74) is 8.09. The highest BCUT2D eigenvalue weighted by Crippen LogP contribution is 2.54. The number of rotatable bonds is 8. The van der Waals surface area contributed by atoms with Crippen molar-refractivity contribution < 1.29 is 0 Å². The van der Waals surface area contributed by atoms with Gasteiger partial charge in [0, 0.05) is 67.2 Å². The summed E-state index contributed by atoms with van der Waals surface area (Å²) in [6.07, 6.45) is 0. The van der Waals surface area contributed by atoms with Crippen LogP contribution in [0.4, 0.5) is 45.5 Å². The van der Waals surface area contributed by atoms with E-state index in [2.05, 4.69) is 42.5 Å². The molecule has 2 aromatic carbocycles. The average molecular weight is 361 g/mol. The molecule has 0 aliphatic heterocycles. The normalized spacial score (nSPS) is 10.3. The fraction of sp³-hybridized carbons (Fsp3) is 0.444. The molecule has 26 heavy (non-hydrogen) atoms. The Morgan fingerprint density at radius 1 is 0.269 bits per heavy atom. The summed E-state index contributed by atoms with van der Waals surface area (Å²) in [5.74, 6) is 0. The van der Waals surface area contributed by atoms with Crippen molar-refractivity contribution in [3.8, 4) is 0 Å². The number of anilines is 8. The van der Waals surface area contributed by atoms with Gasteiger partial charge in [-0.2, -0.15) is 0 Å². The van der Waals surface area contributed by atoms with Gasteiger partial charge in [-0.25, -0.2) is 0 Å². The Labute approximate surface area is 155 Å². The first-order chi connectivity index (χ1) is 12.6. The van der Waals surface area contributed by atoms with Crippen molar-refractivity contribution in [2.75, 3.05) is 98.9 Å². The summed E-state index contributed by atoms with van der Waals surface area (Å²) in [6, 6.07) is 0.